The van der Waals surface area contributed by atoms with Gasteiger partial charge in [0, 0.05) is 0 Å². The maximum atomic E-state index is 2.23. The van der Waals surface area contributed by atoms with Gasteiger partial charge in [0.25, 0.3) is 0 Å². The highest BCUT2D eigenvalue weighted by molar-refractivity contribution is 6.27. The van der Waals surface area contributed by atoms with Gasteiger partial charge in [-0.15, -0.1) is 0 Å². The second kappa shape index (κ2) is 7.77. The summed E-state index contributed by atoms with van der Waals surface area (Å²) in [6.07, 6.45) is 0.933. The minimum absolute atomic E-state index is 0.933. The zero-order chi connectivity index (χ0) is 19.5. The van der Waals surface area contributed by atoms with E-state index in [9.17, 15) is 0 Å². The predicted molar refractivity (Wildman–Crippen MR) is 124 cm³/mol. The molecular formula is C29H22. The third-order valence-corrected chi connectivity index (χ3v) is 5.58. The van der Waals surface area contributed by atoms with Crippen molar-refractivity contribution in [2.45, 2.75) is 6.42 Å². The van der Waals surface area contributed by atoms with Crippen LogP contribution in [0.4, 0.5) is 0 Å². The molecule has 138 valence electrons. The van der Waals surface area contributed by atoms with Crippen LogP contribution in [0.3, 0.4) is 0 Å². The first-order valence-electron chi connectivity index (χ1n) is 10.1. The van der Waals surface area contributed by atoms with Crippen molar-refractivity contribution < 1.29 is 0 Å². The normalized spacial score (nSPS) is 13.8. The largest absolute Gasteiger partial charge is 0.0622 e. The van der Waals surface area contributed by atoms with Crippen LogP contribution < -0.4 is 0 Å². The van der Waals surface area contributed by atoms with Gasteiger partial charge in [-0.1, -0.05) is 121 Å². The van der Waals surface area contributed by atoms with Crippen LogP contribution in [0.15, 0.2) is 121 Å². The minimum atomic E-state index is 0.933. The summed E-state index contributed by atoms with van der Waals surface area (Å²) < 4.78 is 0. The van der Waals surface area contributed by atoms with Crippen molar-refractivity contribution in [3.8, 4) is 0 Å². The van der Waals surface area contributed by atoms with Gasteiger partial charge in [0.2, 0.25) is 0 Å². The summed E-state index contributed by atoms with van der Waals surface area (Å²) in [6, 6.07) is 43.3. The van der Waals surface area contributed by atoms with E-state index in [1.54, 1.807) is 0 Å². The molecule has 0 fully saturated rings. The first-order chi connectivity index (χ1) is 14.4. The van der Waals surface area contributed by atoms with Crippen LogP contribution in [0, 0.1) is 0 Å². The van der Waals surface area contributed by atoms with Gasteiger partial charge in [-0.3, -0.25) is 0 Å². The van der Waals surface area contributed by atoms with Crippen molar-refractivity contribution in [1.82, 2.24) is 0 Å². The maximum absolute atomic E-state index is 2.23. The molecule has 1 aliphatic carbocycles. The van der Waals surface area contributed by atoms with Crippen molar-refractivity contribution in [2.24, 2.45) is 0 Å². The Kier molecular flexibility index (Phi) is 4.68. The molecule has 4 aromatic carbocycles. The molecule has 0 unspecified atom stereocenters. The lowest BCUT2D eigenvalue weighted by atomic mass is 9.89. The fraction of sp³-hybridized carbons (Fsp3) is 0.0345. The number of benzene rings is 4. The topological polar surface area (TPSA) is 0 Å². The predicted octanol–water partition coefficient (Wildman–Crippen LogP) is 7.61. The molecule has 0 saturated heterocycles. The van der Waals surface area contributed by atoms with Crippen LogP contribution >= 0.6 is 0 Å². The SMILES string of the molecule is c1ccc(C2=C(c3ccccc3)C(c3ccccc3)=C(c3ccccc3)C2)cc1. The first-order valence-corrected chi connectivity index (χ1v) is 10.1. The van der Waals surface area contributed by atoms with E-state index in [2.05, 4.69) is 121 Å². The smallest absolute Gasteiger partial charge is 0.000111 e. The Morgan fingerprint density at radius 3 is 0.897 bits per heavy atom. The van der Waals surface area contributed by atoms with Crippen molar-refractivity contribution >= 4 is 22.3 Å². The molecule has 0 N–H and O–H groups in total. The number of hydrogen-bond donors (Lipinski definition) is 0. The highest BCUT2D eigenvalue weighted by Crippen LogP contribution is 2.51. The molecule has 5 rings (SSSR count). The Morgan fingerprint density at radius 2 is 0.586 bits per heavy atom. The van der Waals surface area contributed by atoms with E-state index in [1.807, 2.05) is 0 Å². The van der Waals surface area contributed by atoms with Gasteiger partial charge in [-0.25, -0.2) is 0 Å². The maximum Gasteiger partial charge on any atom is -0.000111 e. The monoisotopic (exact) mass is 370 g/mol. The number of allylic oxidation sites excluding steroid dienone is 4. The summed E-state index contributed by atoms with van der Waals surface area (Å²) in [7, 11) is 0. The lowest BCUT2D eigenvalue weighted by Crippen LogP contribution is -1.92. The molecular weight excluding hydrogens is 348 g/mol. The molecule has 0 amide bonds. The van der Waals surface area contributed by atoms with Gasteiger partial charge in [-0.2, -0.15) is 0 Å². The van der Waals surface area contributed by atoms with E-state index in [4.69, 9.17) is 0 Å². The fourth-order valence-electron chi connectivity index (χ4n) is 4.27. The van der Waals surface area contributed by atoms with E-state index >= 15 is 0 Å². The van der Waals surface area contributed by atoms with Gasteiger partial charge in [0.15, 0.2) is 0 Å². The van der Waals surface area contributed by atoms with Crippen LogP contribution in [-0.4, -0.2) is 0 Å². The van der Waals surface area contributed by atoms with Gasteiger partial charge < -0.3 is 0 Å². The van der Waals surface area contributed by atoms with Crippen molar-refractivity contribution in [3.05, 3.63) is 144 Å². The minimum Gasteiger partial charge on any atom is -0.0622 e. The molecule has 0 aliphatic heterocycles. The van der Waals surface area contributed by atoms with Gasteiger partial charge in [0.05, 0.1) is 0 Å². The molecule has 0 saturated carbocycles. The number of rotatable bonds is 4. The third-order valence-electron chi connectivity index (χ3n) is 5.58. The van der Waals surface area contributed by atoms with Gasteiger partial charge in [-0.05, 0) is 51.0 Å². The van der Waals surface area contributed by atoms with Crippen molar-refractivity contribution in [1.29, 1.82) is 0 Å². The molecule has 0 bridgehead atoms. The first kappa shape index (κ1) is 17.5. The van der Waals surface area contributed by atoms with Crippen LogP contribution in [0.2, 0.25) is 0 Å². The standard InChI is InChI=1S/C29H22/c1-5-13-22(14-6-1)26-21-27(23-15-7-2-8-16-23)29(25-19-11-4-12-20-25)28(26)24-17-9-3-10-18-24/h1-20H,21H2. The van der Waals surface area contributed by atoms with E-state index in [1.165, 1.54) is 44.5 Å². The lowest BCUT2D eigenvalue weighted by Gasteiger charge is -2.14. The van der Waals surface area contributed by atoms with Crippen molar-refractivity contribution in [2.75, 3.05) is 0 Å². The molecule has 0 nitrogen and oxygen atoms in total. The van der Waals surface area contributed by atoms with Gasteiger partial charge in [0.1, 0.15) is 0 Å². The second-order valence-electron chi connectivity index (χ2n) is 7.35. The molecule has 0 heterocycles. The summed E-state index contributed by atoms with van der Waals surface area (Å²) in [5, 5.41) is 0. The molecule has 4 aromatic rings. The summed E-state index contributed by atoms with van der Waals surface area (Å²) in [5.41, 5.74) is 10.6. The summed E-state index contributed by atoms with van der Waals surface area (Å²) in [5.74, 6) is 0. The molecule has 0 aromatic heterocycles. The van der Waals surface area contributed by atoms with E-state index in [0.29, 0.717) is 0 Å². The zero-order valence-electron chi connectivity index (χ0n) is 16.3. The lowest BCUT2D eigenvalue weighted by molar-refractivity contribution is 1.42. The third kappa shape index (κ3) is 3.34. The zero-order valence-corrected chi connectivity index (χ0v) is 16.3. The molecule has 0 spiro atoms. The Balaban J connectivity index is 1.81. The summed E-state index contributed by atoms with van der Waals surface area (Å²) in [6.45, 7) is 0. The Morgan fingerprint density at radius 1 is 0.310 bits per heavy atom. The van der Waals surface area contributed by atoms with Crippen LogP contribution in [0.1, 0.15) is 28.7 Å². The highest BCUT2D eigenvalue weighted by Gasteiger charge is 2.28. The molecule has 0 atom stereocenters. The fourth-order valence-corrected chi connectivity index (χ4v) is 4.27. The van der Waals surface area contributed by atoms with Crippen molar-refractivity contribution in [3.63, 3.8) is 0 Å². The van der Waals surface area contributed by atoms with Crippen LogP contribution in [0.5, 0.6) is 0 Å². The summed E-state index contributed by atoms with van der Waals surface area (Å²) >= 11 is 0. The second-order valence-corrected chi connectivity index (χ2v) is 7.35. The number of hydrogen-bond acceptors (Lipinski definition) is 0. The Labute approximate surface area is 172 Å². The molecule has 0 radical (unpaired) electrons. The molecule has 29 heavy (non-hydrogen) atoms. The van der Waals surface area contributed by atoms with Crippen LogP contribution in [-0.2, 0) is 0 Å². The summed E-state index contributed by atoms with van der Waals surface area (Å²) in [4.78, 5) is 0. The highest BCUT2D eigenvalue weighted by atomic mass is 14.3. The molecule has 1 aliphatic rings. The average molecular weight is 370 g/mol. The van der Waals surface area contributed by atoms with Gasteiger partial charge >= 0.3 is 0 Å². The van der Waals surface area contributed by atoms with E-state index < -0.39 is 0 Å². The van der Waals surface area contributed by atoms with Crippen LogP contribution in [0.25, 0.3) is 22.3 Å². The Bertz CT molecular complexity index is 1070. The average Bonchev–Trinajstić information content (AvgIpc) is 3.22. The Hall–Kier alpha value is -3.64. The van der Waals surface area contributed by atoms with E-state index in [-0.39, 0.29) is 0 Å². The quantitative estimate of drug-likeness (QED) is 0.347. The molecule has 0 heteroatoms. The van der Waals surface area contributed by atoms with E-state index in [0.717, 1.165) is 6.42 Å².